The molecule has 0 spiro atoms. The van der Waals surface area contributed by atoms with E-state index >= 15 is 0 Å². The van der Waals surface area contributed by atoms with Crippen LogP contribution in [0, 0.1) is 6.92 Å². The van der Waals surface area contributed by atoms with E-state index < -0.39 is 5.91 Å². The lowest BCUT2D eigenvalue weighted by Gasteiger charge is -2.34. The van der Waals surface area contributed by atoms with E-state index in [1.165, 1.54) is 5.56 Å². The molecule has 0 saturated carbocycles. The number of rotatable bonds is 14. The van der Waals surface area contributed by atoms with Crippen molar-refractivity contribution in [3.8, 4) is 11.1 Å². The van der Waals surface area contributed by atoms with E-state index in [0.29, 0.717) is 47.9 Å². The topological polar surface area (TPSA) is 131 Å². The standard InChI is InChI=1S/C45H55ClN8O3/c1-5-41-38(42(50-33-13-19-57-20-14-33)39-27-49-54(7-3)44(39)51-41)25-35-36(43(47)55)21-29(4)22-37(35)45(56)48-26-30-11-12-40(46)34(24-30)32-10-8-9-31(23-32)28-53-17-15-52(6-2)16-18-53/h8-12,21-24,27,33H,5-7,13-20,25-26,28H2,1-4H3,(H2,47,55)(H,48,56)(H,50,51). The highest BCUT2D eigenvalue weighted by Gasteiger charge is 2.26. The normalized spacial score (nSPS) is 15.6. The lowest BCUT2D eigenvalue weighted by Crippen LogP contribution is -2.45. The van der Waals surface area contributed by atoms with Crippen LogP contribution in [0.25, 0.3) is 22.2 Å². The second-order valence-corrected chi connectivity index (χ2v) is 15.7. The Hall–Kier alpha value is -4.81. The van der Waals surface area contributed by atoms with Crippen LogP contribution in [0.3, 0.4) is 0 Å². The fourth-order valence-electron chi connectivity index (χ4n) is 8.25. The monoisotopic (exact) mass is 790 g/mol. The number of ether oxygens (including phenoxy) is 1. The highest BCUT2D eigenvalue weighted by molar-refractivity contribution is 6.33. The summed E-state index contributed by atoms with van der Waals surface area (Å²) in [6, 6.07) is 18.3. The number of amides is 2. The van der Waals surface area contributed by atoms with E-state index in [4.69, 9.17) is 27.1 Å². The lowest BCUT2D eigenvalue weighted by molar-refractivity contribution is 0.0904. The molecule has 0 aliphatic carbocycles. The smallest absolute Gasteiger partial charge is 0.251 e. The molecule has 4 heterocycles. The van der Waals surface area contributed by atoms with Crippen LogP contribution in [-0.2, 0) is 37.2 Å². The van der Waals surface area contributed by atoms with Gasteiger partial charge in [0.05, 0.1) is 17.3 Å². The van der Waals surface area contributed by atoms with Gasteiger partial charge in [-0.05, 0) is 97.8 Å². The maximum Gasteiger partial charge on any atom is 0.251 e. The van der Waals surface area contributed by atoms with Gasteiger partial charge in [0, 0.05) is 104 Å². The third kappa shape index (κ3) is 9.17. The van der Waals surface area contributed by atoms with Crippen molar-refractivity contribution in [3.05, 3.63) is 110 Å². The fraction of sp³-hybridized carbons (Fsp3) is 0.422. The molecule has 4 N–H and O–H groups in total. The van der Waals surface area contributed by atoms with E-state index in [0.717, 1.165) is 102 Å². The number of pyridine rings is 1. The first-order chi connectivity index (χ1) is 27.6. The molecule has 2 aliphatic heterocycles. The molecular formula is C45H55ClN8O3. The Bertz CT molecular complexity index is 2240. The molecule has 0 unspecified atom stereocenters. The zero-order chi connectivity index (χ0) is 40.1. The summed E-state index contributed by atoms with van der Waals surface area (Å²) < 4.78 is 7.57. The van der Waals surface area contributed by atoms with E-state index in [2.05, 4.69) is 70.6 Å². The molecule has 57 heavy (non-hydrogen) atoms. The number of hydrogen-bond donors (Lipinski definition) is 3. The molecule has 0 atom stereocenters. The first kappa shape index (κ1) is 40.4. The number of anilines is 1. The number of piperazine rings is 1. The van der Waals surface area contributed by atoms with E-state index in [9.17, 15) is 9.59 Å². The predicted molar refractivity (Wildman–Crippen MR) is 228 cm³/mol. The molecule has 0 bridgehead atoms. The summed E-state index contributed by atoms with van der Waals surface area (Å²) in [5.74, 6) is -0.872. The minimum atomic E-state index is -0.583. The van der Waals surface area contributed by atoms with Gasteiger partial charge in [-0.1, -0.05) is 49.7 Å². The average molecular weight is 791 g/mol. The number of carbonyl (C=O) groups is 2. The van der Waals surface area contributed by atoms with E-state index in [1.807, 2.05) is 42.1 Å². The van der Waals surface area contributed by atoms with Crippen molar-refractivity contribution in [2.75, 3.05) is 51.3 Å². The molecule has 11 nitrogen and oxygen atoms in total. The molecule has 0 radical (unpaired) electrons. The van der Waals surface area contributed by atoms with Crippen molar-refractivity contribution in [2.45, 2.75) is 79.1 Å². The Morgan fingerprint density at radius 3 is 2.39 bits per heavy atom. The van der Waals surface area contributed by atoms with Crippen molar-refractivity contribution in [2.24, 2.45) is 5.73 Å². The highest BCUT2D eigenvalue weighted by Crippen LogP contribution is 2.35. The molecule has 300 valence electrons. The number of hydrogen-bond acceptors (Lipinski definition) is 8. The molecular weight excluding hydrogens is 736 g/mol. The average Bonchev–Trinajstić information content (AvgIpc) is 3.65. The number of carbonyl (C=O) groups excluding carboxylic acids is 2. The van der Waals surface area contributed by atoms with Crippen LogP contribution >= 0.6 is 11.6 Å². The van der Waals surface area contributed by atoms with Crippen molar-refractivity contribution in [1.82, 2.24) is 29.9 Å². The molecule has 2 aliphatic rings. The summed E-state index contributed by atoms with van der Waals surface area (Å²) in [5, 5.41) is 13.2. The number of likely N-dealkylation sites (N-methyl/N-ethyl adjacent to an activating group) is 1. The largest absolute Gasteiger partial charge is 0.381 e. The van der Waals surface area contributed by atoms with Gasteiger partial charge in [0.15, 0.2) is 5.65 Å². The van der Waals surface area contributed by atoms with Crippen LogP contribution in [0.5, 0.6) is 0 Å². The number of aryl methyl sites for hydroxylation is 3. The number of halogens is 1. The van der Waals surface area contributed by atoms with Gasteiger partial charge in [0.1, 0.15) is 0 Å². The summed E-state index contributed by atoms with van der Waals surface area (Å²) in [6.45, 7) is 16.8. The molecule has 2 fully saturated rings. The third-order valence-corrected chi connectivity index (χ3v) is 11.8. The van der Waals surface area contributed by atoms with E-state index in [-0.39, 0.29) is 24.9 Å². The van der Waals surface area contributed by atoms with Crippen LogP contribution in [0.4, 0.5) is 5.69 Å². The van der Waals surface area contributed by atoms with Gasteiger partial charge < -0.3 is 26.0 Å². The third-order valence-electron chi connectivity index (χ3n) is 11.5. The molecule has 2 aromatic heterocycles. The molecule has 7 rings (SSSR count). The van der Waals surface area contributed by atoms with Crippen LogP contribution in [-0.4, -0.2) is 88.4 Å². The number of nitrogens with zero attached hydrogens (tertiary/aromatic N) is 5. The Morgan fingerprint density at radius 2 is 1.67 bits per heavy atom. The van der Waals surface area contributed by atoms with Crippen LogP contribution in [0.1, 0.15) is 87.8 Å². The van der Waals surface area contributed by atoms with E-state index in [1.54, 1.807) is 6.07 Å². The quantitative estimate of drug-likeness (QED) is 0.110. The Labute approximate surface area is 340 Å². The fourth-order valence-corrected chi connectivity index (χ4v) is 8.47. The SMILES string of the molecule is CCc1nc2c(cnn2CC)c(NC2CCOCC2)c1Cc1c(C(N)=O)cc(C)cc1C(=O)NCc1ccc(Cl)c(-c2cccc(CN3CCN(CC)CC3)c2)c1. The van der Waals surface area contributed by atoms with Crippen molar-refractivity contribution in [1.29, 1.82) is 0 Å². The van der Waals surface area contributed by atoms with Crippen molar-refractivity contribution in [3.63, 3.8) is 0 Å². The summed E-state index contributed by atoms with van der Waals surface area (Å²) >= 11 is 6.80. The summed E-state index contributed by atoms with van der Waals surface area (Å²) in [7, 11) is 0. The molecule has 5 aromatic rings. The Morgan fingerprint density at radius 1 is 0.912 bits per heavy atom. The number of benzene rings is 3. The number of nitrogens with one attached hydrogen (secondary N) is 2. The van der Waals surface area contributed by atoms with Gasteiger partial charge in [0.2, 0.25) is 5.91 Å². The Balaban J connectivity index is 1.17. The molecule has 3 aromatic carbocycles. The van der Waals surface area contributed by atoms with Crippen LogP contribution < -0.4 is 16.4 Å². The minimum absolute atomic E-state index is 0.197. The zero-order valence-corrected chi connectivity index (χ0v) is 34.4. The number of aromatic nitrogens is 3. The van der Waals surface area contributed by atoms with Crippen LogP contribution in [0.2, 0.25) is 5.02 Å². The van der Waals surface area contributed by atoms with Gasteiger partial charge in [0.25, 0.3) is 5.91 Å². The van der Waals surface area contributed by atoms with Crippen molar-refractivity contribution >= 4 is 40.1 Å². The van der Waals surface area contributed by atoms with Crippen molar-refractivity contribution < 1.29 is 14.3 Å². The number of primary amides is 1. The van der Waals surface area contributed by atoms with Gasteiger partial charge in [-0.2, -0.15) is 5.10 Å². The molecule has 12 heteroatoms. The summed E-state index contributed by atoms with van der Waals surface area (Å²) in [5.41, 5.74) is 15.8. The summed E-state index contributed by atoms with van der Waals surface area (Å²) in [6.07, 6.45) is 4.53. The molecule has 2 amide bonds. The second kappa shape index (κ2) is 18.2. The van der Waals surface area contributed by atoms with Crippen LogP contribution in [0.15, 0.2) is 60.8 Å². The number of fused-ring (bicyclic) bond motifs is 1. The lowest BCUT2D eigenvalue weighted by atomic mass is 9.89. The maximum atomic E-state index is 14.3. The zero-order valence-electron chi connectivity index (χ0n) is 33.7. The van der Waals surface area contributed by atoms with Gasteiger partial charge in [-0.3, -0.25) is 14.5 Å². The minimum Gasteiger partial charge on any atom is -0.381 e. The second-order valence-electron chi connectivity index (χ2n) is 15.3. The first-order valence-electron chi connectivity index (χ1n) is 20.4. The predicted octanol–water partition coefficient (Wildman–Crippen LogP) is 6.99. The number of nitrogens with two attached hydrogens (primary N) is 1. The van der Waals surface area contributed by atoms with Gasteiger partial charge in [-0.15, -0.1) is 0 Å². The first-order valence-corrected chi connectivity index (χ1v) is 20.8. The highest BCUT2D eigenvalue weighted by atomic mass is 35.5. The van der Waals surface area contributed by atoms with Gasteiger partial charge >= 0.3 is 0 Å². The maximum absolute atomic E-state index is 14.3. The summed E-state index contributed by atoms with van der Waals surface area (Å²) in [4.78, 5) is 37.5. The van der Waals surface area contributed by atoms with Gasteiger partial charge in [-0.25, -0.2) is 9.67 Å². The molecule has 2 saturated heterocycles. The Kier molecular flexibility index (Phi) is 12.9.